The van der Waals surface area contributed by atoms with Crippen LogP contribution in [-0.2, 0) is 0 Å². The topological polar surface area (TPSA) is 59.6 Å². The van der Waals surface area contributed by atoms with Crippen molar-refractivity contribution in [1.29, 1.82) is 0 Å². The zero-order valence-corrected chi connectivity index (χ0v) is 12.8. The number of methoxy groups -OCH3 is 2. The van der Waals surface area contributed by atoms with Crippen molar-refractivity contribution < 1.29 is 18.7 Å². The molecule has 0 aliphatic carbocycles. The summed E-state index contributed by atoms with van der Waals surface area (Å²) in [6.07, 6.45) is 4.11. The van der Waals surface area contributed by atoms with Crippen LogP contribution in [-0.4, -0.2) is 38.3 Å². The number of carbonyl (C=O) groups excluding carboxylic acids is 1. The Labute approximate surface area is 129 Å². The second kappa shape index (κ2) is 6.12. The Balaban J connectivity index is 1.74. The second-order valence-corrected chi connectivity index (χ2v) is 5.97. The molecule has 0 radical (unpaired) electrons. The maximum absolute atomic E-state index is 14.1. The van der Waals surface area contributed by atoms with Crippen LogP contribution in [0.3, 0.4) is 0 Å². The molecule has 1 amide bonds. The molecule has 6 heteroatoms. The van der Waals surface area contributed by atoms with Gasteiger partial charge in [-0.05, 0) is 31.7 Å². The first kappa shape index (κ1) is 15.1. The van der Waals surface area contributed by atoms with Crippen LogP contribution in [0.5, 0.6) is 11.5 Å². The molecule has 5 nitrogen and oxygen atoms in total. The molecule has 2 saturated heterocycles. The van der Waals surface area contributed by atoms with E-state index in [0.29, 0.717) is 17.8 Å². The minimum atomic E-state index is -0.605. The van der Waals surface area contributed by atoms with E-state index < -0.39 is 11.7 Å². The zero-order chi connectivity index (χ0) is 15.7. The summed E-state index contributed by atoms with van der Waals surface area (Å²) in [4.78, 5) is 12.4. The molecule has 3 rings (SSSR count). The summed E-state index contributed by atoms with van der Waals surface area (Å²) in [6, 6.07) is 3.61. The number of benzene rings is 1. The average Bonchev–Trinajstić information content (AvgIpc) is 2.85. The number of carbonyl (C=O) groups is 1. The summed E-state index contributed by atoms with van der Waals surface area (Å²) in [7, 11) is 2.89. The van der Waals surface area contributed by atoms with Gasteiger partial charge in [0.2, 0.25) is 0 Å². The third kappa shape index (κ3) is 2.88. The van der Waals surface area contributed by atoms with Gasteiger partial charge in [-0.15, -0.1) is 0 Å². The quantitative estimate of drug-likeness (QED) is 0.891. The Morgan fingerprint density at radius 1 is 1.18 bits per heavy atom. The van der Waals surface area contributed by atoms with Crippen LogP contribution in [0, 0.1) is 5.82 Å². The van der Waals surface area contributed by atoms with Crippen LogP contribution in [0.1, 0.15) is 36.0 Å². The first-order valence-corrected chi connectivity index (χ1v) is 7.59. The largest absolute Gasteiger partial charge is 0.493 e. The van der Waals surface area contributed by atoms with Gasteiger partial charge in [0, 0.05) is 24.2 Å². The van der Waals surface area contributed by atoms with Crippen molar-refractivity contribution in [3.05, 3.63) is 23.5 Å². The van der Waals surface area contributed by atoms with Crippen LogP contribution in [0.2, 0.25) is 0 Å². The molecule has 2 bridgehead atoms. The van der Waals surface area contributed by atoms with E-state index in [1.54, 1.807) is 0 Å². The molecule has 0 spiro atoms. The molecule has 2 fully saturated rings. The third-order valence-corrected chi connectivity index (χ3v) is 4.53. The number of halogens is 1. The second-order valence-electron chi connectivity index (χ2n) is 5.97. The molecule has 2 aliphatic rings. The monoisotopic (exact) mass is 308 g/mol. The summed E-state index contributed by atoms with van der Waals surface area (Å²) in [5.74, 6) is -0.382. The Morgan fingerprint density at radius 2 is 1.77 bits per heavy atom. The minimum Gasteiger partial charge on any atom is -0.493 e. The van der Waals surface area contributed by atoms with Crippen LogP contribution in [0.25, 0.3) is 0 Å². The van der Waals surface area contributed by atoms with E-state index in [9.17, 15) is 9.18 Å². The van der Waals surface area contributed by atoms with Crippen molar-refractivity contribution in [3.63, 3.8) is 0 Å². The highest BCUT2D eigenvalue weighted by molar-refractivity contribution is 5.95. The molecule has 2 atom stereocenters. The fourth-order valence-corrected chi connectivity index (χ4v) is 3.47. The van der Waals surface area contributed by atoms with Crippen LogP contribution < -0.4 is 20.1 Å². The van der Waals surface area contributed by atoms with Gasteiger partial charge in [-0.3, -0.25) is 4.79 Å². The number of ether oxygens (including phenoxy) is 2. The first-order chi connectivity index (χ1) is 10.6. The summed E-state index contributed by atoms with van der Waals surface area (Å²) in [6.45, 7) is 0. The first-order valence-electron chi connectivity index (χ1n) is 7.59. The number of piperidine rings is 1. The number of rotatable bonds is 4. The van der Waals surface area contributed by atoms with Crippen molar-refractivity contribution in [3.8, 4) is 11.5 Å². The highest BCUT2D eigenvalue weighted by Crippen LogP contribution is 2.31. The standard InChI is InChI=1S/C16H21FN2O3/c1-21-14-7-12(13(17)8-15(14)22-2)16(20)19-11-5-9-3-4-10(6-11)18-9/h7-11,18H,3-6H2,1-2H3,(H,19,20). The SMILES string of the molecule is COc1cc(F)c(C(=O)NC2CC3CCC(C2)N3)cc1OC. The number of hydrogen-bond acceptors (Lipinski definition) is 4. The van der Waals surface area contributed by atoms with E-state index in [1.165, 1.54) is 26.4 Å². The van der Waals surface area contributed by atoms with E-state index in [4.69, 9.17) is 9.47 Å². The molecular formula is C16H21FN2O3. The van der Waals surface area contributed by atoms with Crippen molar-refractivity contribution in [2.75, 3.05) is 14.2 Å². The van der Waals surface area contributed by atoms with Crippen molar-refractivity contribution >= 4 is 5.91 Å². The summed E-state index contributed by atoms with van der Waals surface area (Å²) in [5.41, 5.74) is -0.0106. The van der Waals surface area contributed by atoms with E-state index in [0.717, 1.165) is 25.7 Å². The van der Waals surface area contributed by atoms with Crippen LogP contribution >= 0.6 is 0 Å². The molecule has 22 heavy (non-hydrogen) atoms. The Hall–Kier alpha value is -1.82. The van der Waals surface area contributed by atoms with Crippen molar-refractivity contribution in [2.45, 2.75) is 43.8 Å². The highest BCUT2D eigenvalue weighted by atomic mass is 19.1. The summed E-state index contributed by atoms with van der Waals surface area (Å²) in [5, 5.41) is 6.47. The van der Waals surface area contributed by atoms with Gasteiger partial charge in [0.05, 0.1) is 19.8 Å². The highest BCUT2D eigenvalue weighted by Gasteiger charge is 2.34. The fourth-order valence-electron chi connectivity index (χ4n) is 3.47. The molecular weight excluding hydrogens is 287 g/mol. The van der Waals surface area contributed by atoms with Gasteiger partial charge in [-0.1, -0.05) is 0 Å². The normalized spacial score (nSPS) is 26.6. The fraction of sp³-hybridized carbons (Fsp3) is 0.562. The lowest BCUT2D eigenvalue weighted by Gasteiger charge is -2.29. The predicted octanol–water partition coefficient (Wildman–Crippen LogP) is 1.86. The van der Waals surface area contributed by atoms with Gasteiger partial charge in [0.15, 0.2) is 11.5 Å². The molecule has 2 N–H and O–H groups in total. The molecule has 120 valence electrons. The van der Waals surface area contributed by atoms with Gasteiger partial charge >= 0.3 is 0 Å². The molecule has 0 saturated carbocycles. The third-order valence-electron chi connectivity index (χ3n) is 4.53. The number of fused-ring (bicyclic) bond motifs is 2. The molecule has 0 aromatic heterocycles. The van der Waals surface area contributed by atoms with E-state index in [1.807, 2.05) is 0 Å². The number of amides is 1. The lowest BCUT2D eigenvalue weighted by atomic mass is 9.99. The van der Waals surface area contributed by atoms with E-state index in [2.05, 4.69) is 10.6 Å². The van der Waals surface area contributed by atoms with Crippen molar-refractivity contribution in [1.82, 2.24) is 10.6 Å². The summed E-state index contributed by atoms with van der Waals surface area (Å²) >= 11 is 0. The van der Waals surface area contributed by atoms with Crippen LogP contribution in [0.15, 0.2) is 12.1 Å². The average molecular weight is 308 g/mol. The zero-order valence-electron chi connectivity index (χ0n) is 12.8. The molecule has 2 aliphatic heterocycles. The lowest BCUT2D eigenvalue weighted by molar-refractivity contribution is 0.0919. The predicted molar refractivity (Wildman–Crippen MR) is 79.9 cm³/mol. The van der Waals surface area contributed by atoms with Gasteiger partial charge in [-0.25, -0.2) is 4.39 Å². The van der Waals surface area contributed by atoms with Gasteiger partial charge < -0.3 is 20.1 Å². The van der Waals surface area contributed by atoms with E-state index in [-0.39, 0.29) is 17.4 Å². The number of hydrogen-bond donors (Lipinski definition) is 2. The van der Waals surface area contributed by atoms with Gasteiger partial charge in [0.25, 0.3) is 5.91 Å². The summed E-state index contributed by atoms with van der Waals surface area (Å²) < 4.78 is 24.3. The number of nitrogens with one attached hydrogen (secondary N) is 2. The lowest BCUT2D eigenvalue weighted by Crippen LogP contribution is -2.48. The Bertz CT molecular complexity index is 567. The molecule has 2 heterocycles. The molecule has 1 aromatic carbocycles. The van der Waals surface area contributed by atoms with Gasteiger partial charge in [0.1, 0.15) is 5.82 Å². The maximum Gasteiger partial charge on any atom is 0.254 e. The molecule has 1 aromatic rings. The molecule has 2 unspecified atom stereocenters. The van der Waals surface area contributed by atoms with Crippen LogP contribution in [0.4, 0.5) is 4.39 Å². The Kier molecular flexibility index (Phi) is 4.20. The smallest absolute Gasteiger partial charge is 0.254 e. The van der Waals surface area contributed by atoms with Crippen molar-refractivity contribution in [2.24, 2.45) is 0 Å². The Morgan fingerprint density at radius 3 is 2.36 bits per heavy atom. The van der Waals surface area contributed by atoms with Gasteiger partial charge in [-0.2, -0.15) is 0 Å². The van der Waals surface area contributed by atoms with E-state index >= 15 is 0 Å². The maximum atomic E-state index is 14.1. The minimum absolute atomic E-state index is 0.0106.